The maximum Gasteiger partial charge on any atom is 0.163 e. The van der Waals surface area contributed by atoms with Crippen molar-refractivity contribution in [1.29, 1.82) is 0 Å². The molecule has 3 heterocycles. The highest BCUT2D eigenvalue weighted by Crippen LogP contribution is 2.34. The van der Waals surface area contributed by atoms with Crippen molar-refractivity contribution < 1.29 is 4.79 Å². The van der Waals surface area contributed by atoms with Crippen LogP contribution in [0.25, 0.3) is 21.9 Å². The Kier molecular flexibility index (Phi) is 5.68. The van der Waals surface area contributed by atoms with Crippen LogP contribution in [0.15, 0.2) is 78.2 Å². The maximum absolute atomic E-state index is 13.5. The molecular weight excluding hydrogens is 470 g/mol. The Morgan fingerprint density at radius 1 is 1.00 bits per heavy atom. The highest BCUT2D eigenvalue weighted by atomic mass is 16.1. The van der Waals surface area contributed by atoms with Crippen LogP contribution in [0.2, 0.25) is 0 Å². The molecule has 1 fully saturated rings. The zero-order chi connectivity index (χ0) is 25.6. The molecule has 0 radical (unpaired) electrons. The zero-order valence-electron chi connectivity index (χ0n) is 21.7. The van der Waals surface area contributed by atoms with Gasteiger partial charge in [-0.05, 0) is 67.0 Å². The Morgan fingerprint density at radius 2 is 1.89 bits per heavy atom. The Hall–Kier alpha value is -4.06. The molecular formula is C32H31N5O. The normalized spacial score (nSPS) is 19.1. The summed E-state index contributed by atoms with van der Waals surface area (Å²) in [6.45, 7) is 1.64. The molecule has 2 unspecified atom stereocenters. The molecule has 1 aliphatic heterocycles. The van der Waals surface area contributed by atoms with Gasteiger partial charge in [-0.25, -0.2) is 4.98 Å². The Morgan fingerprint density at radius 3 is 2.84 bits per heavy atom. The summed E-state index contributed by atoms with van der Waals surface area (Å²) in [5.41, 5.74) is 8.37. The van der Waals surface area contributed by atoms with Crippen molar-refractivity contribution in [1.82, 2.24) is 19.3 Å². The third-order valence-corrected chi connectivity index (χ3v) is 8.33. The minimum atomic E-state index is 0.250. The molecule has 7 rings (SSSR count). The van der Waals surface area contributed by atoms with E-state index in [9.17, 15) is 4.79 Å². The molecule has 2 aliphatic rings. The standard InChI is InChI=1S/C32H31N5O/c1-36-19-26-15-24(11-12-28(26)35-36)32-27-16-23(9-10-25(27)17-33-32)31(38)14-21-5-4-6-22(13-21)18-37-20-34-29-7-2-3-8-30(29)37/h2-3,7-12,15-16,19-22H,4-6,13-14,17-18H2,1H3. The first-order valence-electron chi connectivity index (χ1n) is 13.7. The summed E-state index contributed by atoms with van der Waals surface area (Å²) >= 11 is 0. The third-order valence-electron chi connectivity index (χ3n) is 8.33. The van der Waals surface area contributed by atoms with Gasteiger partial charge >= 0.3 is 0 Å². The van der Waals surface area contributed by atoms with Crippen LogP contribution in [0.3, 0.4) is 0 Å². The second-order valence-corrected chi connectivity index (χ2v) is 11.0. The Labute approximate surface area is 222 Å². The van der Waals surface area contributed by atoms with Crippen LogP contribution in [-0.2, 0) is 20.1 Å². The van der Waals surface area contributed by atoms with Gasteiger partial charge in [-0.1, -0.05) is 36.8 Å². The van der Waals surface area contributed by atoms with Crippen molar-refractivity contribution in [2.45, 2.75) is 45.2 Å². The van der Waals surface area contributed by atoms with Crippen LogP contribution in [-0.4, -0.2) is 30.8 Å². The lowest BCUT2D eigenvalue weighted by atomic mass is 9.78. The van der Waals surface area contributed by atoms with Crippen molar-refractivity contribution in [3.05, 3.63) is 95.4 Å². The van der Waals surface area contributed by atoms with Gasteiger partial charge in [-0.15, -0.1) is 0 Å². The number of carbonyl (C=O) groups excluding carboxylic acids is 1. The molecule has 1 aliphatic carbocycles. The van der Waals surface area contributed by atoms with Crippen LogP contribution in [0.1, 0.15) is 59.2 Å². The number of aromatic nitrogens is 4. The number of para-hydroxylation sites is 2. The molecule has 5 aromatic rings. The van der Waals surface area contributed by atoms with Gasteiger partial charge in [-0.3, -0.25) is 14.5 Å². The number of aryl methyl sites for hydroxylation is 1. The zero-order valence-corrected chi connectivity index (χ0v) is 21.7. The second kappa shape index (κ2) is 9.35. The van der Waals surface area contributed by atoms with Crippen molar-refractivity contribution in [2.24, 2.45) is 23.9 Å². The predicted octanol–water partition coefficient (Wildman–Crippen LogP) is 6.35. The SMILES string of the molecule is Cn1cc2cc(C3=NCc4ccc(C(=O)CC5CCCC(Cn6cnc7ccccc76)C5)cc43)ccc2n1. The molecule has 0 spiro atoms. The van der Waals surface area contributed by atoms with Crippen molar-refractivity contribution >= 4 is 33.4 Å². The number of Topliss-reactive ketones (excluding diaryl/α,β-unsaturated/α-hetero) is 1. The third kappa shape index (κ3) is 4.24. The van der Waals surface area contributed by atoms with E-state index >= 15 is 0 Å². The number of rotatable bonds is 6. The molecule has 0 amide bonds. The van der Waals surface area contributed by atoms with Crippen molar-refractivity contribution in [3.63, 3.8) is 0 Å². The highest BCUT2D eigenvalue weighted by Gasteiger charge is 2.26. The molecule has 38 heavy (non-hydrogen) atoms. The fourth-order valence-electron chi connectivity index (χ4n) is 6.47. The number of ketones is 1. The average molecular weight is 502 g/mol. The van der Waals surface area contributed by atoms with Crippen LogP contribution < -0.4 is 0 Å². The quantitative estimate of drug-likeness (QED) is 0.255. The van der Waals surface area contributed by atoms with Gasteiger partial charge in [-0.2, -0.15) is 5.10 Å². The van der Waals surface area contributed by atoms with E-state index in [0.717, 1.165) is 58.2 Å². The van der Waals surface area contributed by atoms with Gasteiger partial charge in [0.05, 0.1) is 35.1 Å². The van der Waals surface area contributed by atoms with Gasteiger partial charge in [0.25, 0.3) is 0 Å². The van der Waals surface area contributed by atoms with E-state index in [1.165, 1.54) is 23.9 Å². The number of nitrogens with zero attached hydrogens (tertiary/aromatic N) is 5. The van der Waals surface area contributed by atoms with Gasteiger partial charge < -0.3 is 4.57 Å². The van der Waals surface area contributed by atoms with E-state index in [2.05, 4.69) is 57.1 Å². The van der Waals surface area contributed by atoms with E-state index in [1.807, 2.05) is 42.5 Å². The summed E-state index contributed by atoms with van der Waals surface area (Å²) in [6.07, 6.45) is 9.26. The molecule has 0 saturated heterocycles. The molecule has 6 nitrogen and oxygen atoms in total. The first-order valence-corrected chi connectivity index (χ1v) is 13.7. The first kappa shape index (κ1) is 23.1. The molecule has 190 valence electrons. The summed E-state index contributed by atoms with van der Waals surface area (Å²) in [5.74, 6) is 1.27. The van der Waals surface area contributed by atoms with Crippen LogP contribution in [0.5, 0.6) is 0 Å². The van der Waals surface area contributed by atoms with Gasteiger partial charge in [0.1, 0.15) is 0 Å². The Bertz CT molecular complexity index is 1710. The number of benzene rings is 3. The van der Waals surface area contributed by atoms with E-state index < -0.39 is 0 Å². The summed E-state index contributed by atoms with van der Waals surface area (Å²) in [7, 11) is 1.94. The van der Waals surface area contributed by atoms with Crippen molar-refractivity contribution in [2.75, 3.05) is 0 Å². The van der Waals surface area contributed by atoms with Gasteiger partial charge in [0.15, 0.2) is 5.78 Å². The average Bonchev–Trinajstić information content (AvgIpc) is 3.64. The minimum Gasteiger partial charge on any atom is -0.330 e. The fourth-order valence-corrected chi connectivity index (χ4v) is 6.47. The lowest BCUT2D eigenvalue weighted by Gasteiger charge is -2.29. The lowest BCUT2D eigenvalue weighted by Crippen LogP contribution is -2.22. The molecule has 0 bridgehead atoms. The summed E-state index contributed by atoms with van der Waals surface area (Å²) < 4.78 is 4.12. The predicted molar refractivity (Wildman–Crippen MR) is 151 cm³/mol. The minimum absolute atomic E-state index is 0.250. The Balaban J connectivity index is 1.06. The monoisotopic (exact) mass is 501 g/mol. The largest absolute Gasteiger partial charge is 0.330 e. The van der Waals surface area contributed by atoms with Crippen LogP contribution in [0, 0.1) is 11.8 Å². The summed E-state index contributed by atoms with van der Waals surface area (Å²) in [4.78, 5) is 22.9. The van der Waals surface area contributed by atoms with E-state index in [0.29, 0.717) is 24.8 Å². The number of hydrogen-bond donors (Lipinski definition) is 0. The second-order valence-electron chi connectivity index (χ2n) is 11.0. The number of imidazole rings is 1. The van der Waals surface area contributed by atoms with Crippen LogP contribution in [0.4, 0.5) is 0 Å². The molecule has 6 heteroatoms. The number of fused-ring (bicyclic) bond motifs is 3. The van der Waals surface area contributed by atoms with Gasteiger partial charge in [0, 0.05) is 48.3 Å². The molecule has 2 atom stereocenters. The van der Waals surface area contributed by atoms with E-state index in [-0.39, 0.29) is 5.78 Å². The summed E-state index contributed by atoms with van der Waals surface area (Å²) in [6, 6.07) is 20.8. The van der Waals surface area contributed by atoms with E-state index in [4.69, 9.17) is 4.99 Å². The molecule has 2 aromatic heterocycles. The lowest BCUT2D eigenvalue weighted by molar-refractivity contribution is 0.0937. The maximum atomic E-state index is 13.5. The highest BCUT2D eigenvalue weighted by molar-refractivity contribution is 6.17. The molecule has 3 aromatic carbocycles. The molecule has 0 N–H and O–H groups in total. The summed E-state index contributed by atoms with van der Waals surface area (Å²) in [5, 5.41) is 5.59. The smallest absolute Gasteiger partial charge is 0.163 e. The number of carbonyl (C=O) groups is 1. The van der Waals surface area contributed by atoms with E-state index in [1.54, 1.807) is 0 Å². The molecule has 1 saturated carbocycles. The number of aliphatic imine (C=N–C) groups is 1. The fraction of sp³-hybridized carbons (Fsp3) is 0.312. The van der Waals surface area contributed by atoms with Crippen LogP contribution >= 0.6 is 0 Å². The first-order chi connectivity index (χ1) is 18.6. The topological polar surface area (TPSA) is 65.1 Å². The van der Waals surface area contributed by atoms with Crippen molar-refractivity contribution in [3.8, 4) is 0 Å². The van der Waals surface area contributed by atoms with Gasteiger partial charge in [0.2, 0.25) is 0 Å². The number of hydrogen-bond acceptors (Lipinski definition) is 4.